The molecule has 0 saturated heterocycles. The monoisotopic (exact) mass is 906 g/mol. The number of hydrogen-bond acceptors (Lipinski definition) is 10. The topological polar surface area (TPSA) is 146 Å². The maximum absolute atomic E-state index is 6.29. The minimum Gasteiger partial charge on any atom is -0.494 e. The van der Waals surface area contributed by atoms with Crippen LogP contribution in [0.5, 0.6) is 23.0 Å². The van der Waals surface area contributed by atoms with Crippen LogP contribution in [0.2, 0.25) is 0 Å². The first-order valence-electron chi connectivity index (χ1n) is 23.9. The van der Waals surface area contributed by atoms with E-state index < -0.39 is 0 Å². The molecule has 2 aliphatic rings. The van der Waals surface area contributed by atoms with E-state index in [1.807, 2.05) is 97.1 Å². The number of rotatable bonds is 24. The van der Waals surface area contributed by atoms with Crippen molar-refractivity contribution >= 4 is 44.1 Å². The molecular weight excluding hydrogens is 849 g/mol. The second-order valence-corrected chi connectivity index (χ2v) is 17.0. The van der Waals surface area contributed by atoms with Crippen LogP contribution in [0.25, 0.3) is 89.7 Å². The molecule has 0 aliphatic carbocycles. The highest BCUT2D eigenvalue weighted by molar-refractivity contribution is 6.07. The molecule has 0 atom stereocenters. The summed E-state index contributed by atoms with van der Waals surface area (Å²) in [6, 6.07) is 24.0. The Bertz CT molecular complexity index is 3150. The van der Waals surface area contributed by atoms with Crippen molar-refractivity contribution in [3.8, 4) is 68.5 Å². The number of benzene rings is 4. The molecule has 346 valence electrons. The third kappa shape index (κ3) is 10.3. The molecule has 8 bridgehead atoms. The van der Waals surface area contributed by atoms with E-state index in [1.165, 1.54) is 0 Å². The molecule has 0 radical (unpaired) electrons. The molecule has 3 aromatic heterocycles. The van der Waals surface area contributed by atoms with Crippen molar-refractivity contribution < 1.29 is 18.9 Å². The van der Waals surface area contributed by atoms with Crippen LogP contribution >= 0.6 is 0 Å². The van der Waals surface area contributed by atoms with Crippen molar-refractivity contribution in [2.75, 3.05) is 26.4 Å². The average Bonchev–Trinajstić information content (AvgIpc) is 4.08. The predicted octanol–water partition coefficient (Wildman–Crippen LogP) is 13.8. The van der Waals surface area contributed by atoms with E-state index in [-0.39, 0.29) is 0 Å². The molecule has 7 aromatic rings. The fraction of sp³-hybridized carbons (Fsp3) is 0.286. The Morgan fingerprint density at radius 2 is 0.647 bits per heavy atom. The van der Waals surface area contributed by atoms with Crippen LogP contribution in [0.4, 0.5) is 0 Å². The summed E-state index contributed by atoms with van der Waals surface area (Å²) in [7, 11) is 0. The lowest BCUT2D eigenvalue weighted by molar-refractivity contribution is 0.307. The number of nitrogens with one attached hydrogen (secondary N) is 2. The standard InChI is InChI=1S/C56H58N8O4/c1-5-9-13-17-29-65-37-21-25-41-45(33-37)53-58-49(41)57-50-42-26-22-38(66-30-18-14-10-6-2)34-46(42)54(59-50)61-52-44-28-24-40(68-32-20-16-12-8-4)36-48(44)56(63-52)64-55-47-35-39(67-31-19-15-11-7-3)23-27-43(47)51(60-53)62-55/h5-8,21-28,33-36H,1-4,9-20,29-32H2,(H2,57,58,59,60,61,62,63,64). The molecule has 9 rings (SSSR count). The SMILES string of the molecule is C=CCCCCOc1ccc2c(c1)-c1nc-2nc2[nH]c(nc3nc(nc4[nH]c(n1)c1ccc(OCCCCC=C)cc41)-c1cc(OCCCCC=C)ccc1-3)c1cc(OCCCCC=C)ccc21. The van der Waals surface area contributed by atoms with Crippen molar-refractivity contribution in [3.05, 3.63) is 123 Å². The summed E-state index contributed by atoms with van der Waals surface area (Å²) in [5, 5.41) is 3.35. The summed E-state index contributed by atoms with van der Waals surface area (Å²) in [5.41, 5.74) is 5.56. The van der Waals surface area contributed by atoms with Gasteiger partial charge in [-0.1, -0.05) is 24.3 Å². The average molecular weight is 907 g/mol. The minimum atomic E-state index is 0.478. The quantitative estimate of drug-likeness (QED) is 0.0444. The van der Waals surface area contributed by atoms with Gasteiger partial charge >= 0.3 is 0 Å². The molecule has 2 N–H and O–H groups in total. The summed E-state index contributed by atoms with van der Waals surface area (Å²) in [6.07, 6.45) is 19.2. The number of hydrogen-bond donors (Lipinski definition) is 2. The molecule has 5 heterocycles. The van der Waals surface area contributed by atoms with Crippen LogP contribution in [0.1, 0.15) is 77.0 Å². The van der Waals surface area contributed by atoms with Gasteiger partial charge in [-0.05, 0) is 150 Å². The van der Waals surface area contributed by atoms with E-state index in [2.05, 4.69) is 36.3 Å². The molecule has 0 amide bonds. The van der Waals surface area contributed by atoms with Gasteiger partial charge in [0.25, 0.3) is 0 Å². The molecule has 68 heavy (non-hydrogen) atoms. The minimum absolute atomic E-state index is 0.478. The molecule has 0 fully saturated rings. The van der Waals surface area contributed by atoms with E-state index in [0.29, 0.717) is 72.3 Å². The summed E-state index contributed by atoms with van der Waals surface area (Å²) < 4.78 is 25.1. The maximum atomic E-state index is 6.29. The third-order valence-electron chi connectivity index (χ3n) is 12.0. The fourth-order valence-corrected chi connectivity index (χ4v) is 8.39. The Hall–Kier alpha value is -7.60. The van der Waals surface area contributed by atoms with Crippen LogP contribution in [-0.4, -0.2) is 66.3 Å². The van der Waals surface area contributed by atoms with Gasteiger partial charge in [-0.3, -0.25) is 0 Å². The van der Waals surface area contributed by atoms with Crippen LogP contribution in [0, 0.1) is 0 Å². The number of ether oxygens (including phenoxy) is 4. The molecule has 0 spiro atoms. The molecule has 12 nitrogen and oxygen atoms in total. The highest BCUT2D eigenvalue weighted by atomic mass is 16.5. The zero-order valence-corrected chi connectivity index (χ0v) is 38.7. The number of allylic oxidation sites excluding steroid dienone is 4. The van der Waals surface area contributed by atoms with Crippen LogP contribution in [0.3, 0.4) is 0 Å². The highest BCUT2D eigenvalue weighted by Crippen LogP contribution is 2.40. The molecule has 0 unspecified atom stereocenters. The van der Waals surface area contributed by atoms with Crippen molar-refractivity contribution in [1.29, 1.82) is 0 Å². The lowest BCUT2D eigenvalue weighted by Crippen LogP contribution is -1.97. The Morgan fingerprint density at radius 3 is 1.00 bits per heavy atom. The Balaban J connectivity index is 1.26. The van der Waals surface area contributed by atoms with Crippen molar-refractivity contribution in [2.45, 2.75) is 77.0 Å². The Kier molecular flexibility index (Phi) is 14.6. The number of H-pyrrole nitrogens is 2. The van der Waals surface area contributed by atoms with Gasteiger partial charge in [0.15, 0.2) is 23.3 Å². The van der Waals surface area contributed by atoms with Gasteiger partial charge in [0, 0.05) is 43.8 Å². The van der Waals surface area contributed by atoms with Crippen molar-refractivity contribution in [2.24, 2.45) is 0 Å². The maximum Gasteiger partial charge on any atom is 0.164 e. The summed E-state index contributed by atoms with van der Waals surface area (Å²) in [4.78, 5) is 38.5. The Morgan fingerprint density at radius 1 is 0.338 bits per heavy atom. The number of fused-ring (bicyclic) bond motifs is 20. The number of aromatic nitrogens is 8. The van der Waals surface area contributed by atoms with Gasteiger partial charge in [0.05, 0.1) is 26.4 Å². The second-order valence-electron chi connectivity index (χ2n) is 17.0. The van der Waals surface area contributed by atoms with Crippen LogP contribution < -0.4 is 18.9 Å². The first-order valence-corrected chi connectivity index (χ1v) is 23.9. The number of nitrogens with zero attached hydrogens (tertiary/aromatic N) is 6. The fourth-order valence-electron chi connectivity index (χ4n) is 8.39. The van der Waals surface area contributed by atoms with E-state index >= 15 is 0 Å². The van der Waals surface area contributed by atoms with Crippen molar-refractivity contribution in [1.82, 2.24) is 39.9 Å². The van der Waals surface area contributed by atoms with E-state index in [9.17, 15) is 0 Å². The molecule has 0 saturated carbocycles. The predicted molar refractivity (Wildman–Crippen MR) is 274 cm³/mol. The van der Waals surface area contributed by atoms with E-state index in [4.69, 9.17) is 48.9 Å². The second kappa shape index (κ2) is 21.8. The molecule has 4 aromatic carbocycles. The summed E-state index contributed by atoms with van der Waals surface area (Å²) in [5.74, 6) is 4.89. The normalized spacial score (nSPS) is 11.5. The first kappa shape index (κ1) is 45.6. The van der Waals surface area contributed by atoms with E-state index in [0.717, 1.165) is 144 Å². The summed E-state index contributed by atoms with van der Waals surface area (Å²) >= 11 is 0. The van der Waals surface area contributed by atoms with Gasteiger partial charge in [-0.25, -0.2) is 29.9 Å². The third-order valence-corrected chi connectivity index (χ3v) is 12.0. The van der Waals surface area contributed by atoms with Gasteiger partial charge in [-0.15, -0.1) is 26.3 Å². The molecule has 2 aliphatic heterocycles. The summed E-state index contributed by atoms with van der Waals surface area (Å²) in [6.45, 7) is 17.8. The van der Waals surface area contributed by atoms with E-state index in [1.54, 1.807) is 0 Å². The van der Waals surface area contributed by atoms with Gasteiger partial charge in [0.1, 0.15) is 45.6 Å². The van der Waals surface area contributed by atoms with Crippen LogP contribution in [0.15, 0.2) is 123 Å². The molecular formula is C56H58N8O4. The number of unbranched alkanes of at least 4 members (excludes halogenated alkanes) is 8. The Labute approximate surface area is 397 Å². The van der Waals surface area contributed by atoms with Crippen molar-refractivity contribution in [3.63, 3.8) is 0 Å². The zero-order chi connectivity index (χ0) is 46.7. The zero-order valence-electron chi connectivity index (χ0n) is 38.7. The largest absolute Gasteiger partial charge is 0.494 e. The van der Waals surface area contributed by atoms with Gasteiger partial charge < -0.3 is 28.9 Å². The molecule has 12 heteroatoms. The number of aromatic amines is 2. The smallest absolute Gasteiger partial charge is 0.164 e. The first-order chi connectivity index (χ1) is 33.5. The highest BCUT2D eigenvalue weighted by Gasteiger charge is 2.24. The van der Waals surface area contributed by atoms with Gasteiger partial charge in [0.2, 0.25) is 0 Å². The van der Waals surface area contributed by atoms with Crippen LogP contribution in [-0.2, 0) is 0 Å². The lowest BCUT2D eigenvalue weighted by atomic mass is 10.1. The lowest BCUT2D eigenvalue weighted by Gasteiger charge is -2.07. The van der Waals surface area contributed by atoms with Gasteiger partial charge in [-0.2, -0.15) is 0 Å².